The highest BCUT2D eigenvalue weighted by atomic mass is 16.3. The molecule has 1 fully saturated rings. The number of hydrogen-bond donors (Lipinski definition) is 3. The molecule has 1 aromatic heterocycles. The SMILES string of the molecule is OC1(CNCc2n[nH]nc2-c2ccccc2)CCCCC1. The number of H-pyrrole nitrogens is 1. The van der Waals surface area contributed by atoms with E-state index in [1.54, 1.807) is 0 Å². The molecule has 1 saturated carbocycles. The van der Waals surface area contributed by atoms with Crippen LogP contribution >= 0.6 is 0 Å². The fraction of sp³-hybridized carbons (Fsp3) is 0.500. The van der Waals surface area contributed by atoms with Gasteiger partial charge in [0.15, 0.2) is 0 Å². The maximum absolute atomic E-state index is 10.5. The smallest absolute Gasteiger partial charge is 0.117 e. The van der Waals surface area contributed by atoms with Crippen molar-refractivity contribution < 1.29 is 5.11 Å². The Hall–Kier alpha value is -1.72. The van der Waals surface area contributed by atoms with Crippen LogP contribution in [-0.4, -0.2) is 32.7 Å². The molecule has 2 aromatic rings. The summed E-state index contributed by atoms with van der Waals surface area (Å²) in [7, 11) is 0. The molecule has 0 bridgehead atoms. The number of aromatic amines is 1. The molecule has 0 atom stereocenters. The number of aromatic nitrogens is 3. The van der Waals surface area contributed by atoms with Gasteiger partial charge >= 0.3 is 0 Å². The first-order chi connectivity index (χ1) is 10.3. The van der Waals surface area contributed by atoms with Gasteiger partial charge in [-0.3, -0.25) is 0 Å². The number of aliphatic hydroxyl groups is 1. The third-order valence-corrected chi connectivity index (χ3v) is 4.20. The van der Waals surface area contributed by atoms with Crippen LogP contribution in [0.2, 0.25) is 0 Å². The summed E-state index contributed by atoms with van der Waals surface area (Å²) in [5.41, 5.74) is 2.27. The second-order valence-electron chi connectivity index (χ2n) is 5.87. The Morgan fingerprint density at radius 1 is 1.10 bits per heavy atom. The van der Waals surface area contributed by atoms with E-state index < -0.39 is 5.60 Å². The predicted octanol–water partition coefficient (Wildman–Crippen LogP) is 2.26. The predicted molar refractivity (Wildman–Crippen MR) is 81.6 cm³/mol. The van der Waals surface area contributed by atoms with Crippen LogP contribution in [0.1, 0.15) is 37.8 Å². The summed E-state index contributed by atoms with van der Waals surface area (Å²) in [6.45, 7) is 1.23. The average molecular weight is 286 g/mol. The number of nitrogens with zero attached hydrogens (tertiary/aromatic N) is 2. The van der Waals surface area contributed by atoms with Crippen molar-refractivity contribution in [1.82, 2.24) is 20.7 Å². The average Bonchev–Trinajstić information content (AvgIpc) is 2.97. The van der Waals surface area contributed by atoms with Crippen LogP contribution in [0, 0.1) is 0 Å². The number of nitrogens with one attached hydrogen (secondary N) is 2. The van der Waals surface area contributed by atoms with Crippen LogP contribution in [0.5, 0.6) is 0 Å². The van der Waals surface area contributed by atoms with Crippen molar-refractivity contribution in [3.05, 3.63) is 36.0 Å². The first-order valence-corrected chi connectivity index (χ1v) is 7.65. The maximum Gasteiger partial charge on any atom is 0.117 e. The van der Waals surface area contributed by atoms with Gasteiger partial charge in [0.2, 0.25) is 0 Å². The largest absolute Gasteiger partial charge is 0.389 e. The van der Waals surface area contributed by atoms with Gasteiger partial charge in [0, 0.05) is 18.7 Å². The molecule has 0 saturated heterocycles. The van der Waals surface area contributed by atoms with E-state index >= 15 is 0 Å². The van der Waals surface area contributed by atoms with Crippen LogP contribution in [0.15, 0.2) is 30.3 Å². The van der Waals surface area contributed by atoms with E-state index in [2.05, 4.69) is 20.7 Å². The van der Waals surface area contributed by atoms with Gasteiger partial charge in [-0.25, -0.2) is 0 Å². The Bertz CT molecular complexity index is 561. The lowest BCUT2D eigenvalue weighted by Crippen LogP contribution is -2.42. The molecule has 1 heterocycles. The Morgan fingerprint density at radius 2 is 1.86 bits per heavy atom. The highest BCUT2D eigenvalue weighted by molar-refractivity contribution is 5.60. The van der Waals surface area contributed by atoms with E-state index in [1.165, 1.54) is 6.42 Å². The number of benzene rings is 1. The zero-order valence-corrected chi connectivity index (χ0v) is 12.2. The van der Waals surface area contributed by atoms with E-state index in [9.17, 15) is 5.11 Å². The van der Waals surface area contributed by atoms with Crippen LogP contribution in [0.3, 0.4) is 0 Å². The first kappa shape index (κ1) is 14.2. The minimum atomic E-state index is -0.547. The minimum Gasteiger partial charge on any atom is -0.389 e. The summed E-state index contributed by atoms with van der Waals surface area (Å²) in [6, 6.07) is 10.0. The van der Waals surface area contributed by atoms with E-state index in [0.29, 0.717) is 13.1 Å². The lowest BCUT2D eigenvalue weighted by atomic mass is 9.85. The molecule has 3 rings (SSSR count). The van der Waals surface area contributed by atoms with Gasteiger partial charge in [0.05, 0.1) is 5.60 Å². The lowest BCUT2D eigenvalue weighted by molar-refractivity contribution is 0.00462. The van der Waals surface area contributed by atoms with E-state index in [0.717, 1.165) is 42.6 Å². The van der Waals surface area contributed by atoms with Gasteiger partial charge in [-0.15, -0.1) is 0 Å². The lowest BCUT2D eigenvalue weighted by Gasteiger charge is -2.32. The maximum atomic E-state index is 10.5. The summed E-state index contributed by atoms with van der Waals surface area (Å²) < 4.78 is 0. The molecule has 0 unspecified atom stereocenters. The topological polar surface area (TPSA) is 73.8 Å². The molecular formula is C16H22N4O. The van der Waals surface area contributed by atoms with Gasteiger partial charge < -0.3 is 10.4 Å². The monoisotopic (exact) mass is 286 g/mol. The van der Waals surface area contributed by atoms with Gasteiger partial charge in [0.1, 0.15) is 11.4 Å². The normalized spacial score (nSPS) is 17.8. The van der Waals surface area contributed by atoms with Gasteiger partial charge in [0.25, 0.3) is 0 Å². The first-order valence-electron chi connectivity index (χ1n) is 7.65. The minimum absolute atomic E-state index is 0.547. The Kier molecular flexibility index (Phi) is 4.31. The van der Waals surface area contributed by atoms with E-state index in [1.807, 2.05) is 30.3 Å². The molecule has 1 aliphatic carbocycles. The highest BCUT2D eigenvalue weighted by Gasteiger charge is 2.28. The van der Waals surface area contributed by atoms with Crippen LogP contribution in [-0.2, 0) is 6.54 Å². The van der Waals surface area contributed by atoms with Crippen LogP contribution in [0.4, 0.5) is 0 Å². The summed E-state index contributed by atoms with van der Waals surface area (Å²) >= 11 is 0. The number of hydrogen-bond acceptors (Lipinski definition) is 4. The molecule has 1 aromatic carbocycles. The molecule has 0 aliphatic heterocycles. The molecule has 1 aliphatic rings. The second kappa shape index (κ2) is 6.37. The molecule has 112 valence electrons. The third kappa shape index (κ3) is 3.49. The van der Waals surface area contributed by atoms with Crippen molar-refractivity contribution in [2.24, 2.45) is 0 Å². The summed E-state index contributed by atoms with van der Waals surface area (Å²) in [4.78, 5) is 0. The van der Waals surface area contributed by atoms with Crippen molar-refractivity contribution in [3.8, 4) is 11.3 Å². The van der Waals surface area contributed by atoms with Gasteiger partial charge in [-0.05, 0) is 12.8 Å². The summed E-state index contributed by atoms with van der Waals surface area (Å²) in [5, 5.41) is 25.0. The van der Waals surface area contributed by atoms with Gasteiger partial charge in [-0.1, -0.05) is 49.6 Å². The molecule has 5 heteroatoms. The number of rotatable bonds is 5. The molecule has 0 radical (unpaired) electrons. The quantitative estimate of drug-likeness (QED) is 0.788. The highest BCUT2D eigenvalue weighted by Crippen LogP contribution is 2.27. The molecule has 21 heavy (non-hydrogen) atoms. The Labute approximate surface area is 124 Å². The van der Waals surface area contributed by atoms with Crippen molar-refractivity contribution >= 4 is 0 Å². The fourth-order valence-electron chi connectivity index (χ4n) is 3.00. The standard InChI is InChI=1S/C16H22N4O/c21-16(9-5-2-6-10-16)12-17-11-14-15(19-20-18-14)13-7-3-1-4-8-13/h1,3-4,7-8,17,21H,2,5-6,9-12H2,(H,18,19,20). The summed E-state index contributed by atoms with van der Waals surface area (Å²) in [5.74, 6) is 0. The third-order valence-electron chi connectivity index (χ3n) is 4.20. The molecule has 5 nitrogen and oxygen atoms in total. The van der Waals surface area contributed by atoms with Crippen molar-refractivity contribution in [2.45, 2.75) is 44.2 Å². The zero-order valence-electron chi connectivity index (χ0n) is 12.2. The molecule has 0 spiro atoms. The molecule has 0 amide bonds. The second-order valence-corrected chi connectivity index (χ2v) is 5.87. The molecule has 3 N–H and O–H groups in total. The Morgan fingerprint density at radius 3 is 2.62 bits per heavy atom. The van der Waals surface area contributed by atoms with E-state index in [4.69, 9.17) is 0 Å². The van der Waals surface area contributed by atoms with Crippen molar-refractivity contribution in [2.75, 3.05) is 6.54 Å². The fourth-order valence-corrected chi connectivity index (χ4v) is 3.00. The Balaban J connectivity index is 1.60. The molecular weight excluding hydrogens is 264 g/mol. The van der Waals surface area contributed by atoms with Crippen molar-refractivity contribution in [1.29, 1.82) is 0 Å². The van der Waals surface area contributed by atoms with Crippen LogP contribution < -0.4 is 5.32 Å². The zero-order chi connectivity index (χ0) is 14.5. The van der Waals surface area contributed by atoms with E-state index in [-0.39, 0.29) is 0 Å². The van der Waals surface area contributed by atoms with Crippen molar-refractivity contribution in [3.63, 3.8) is 0 Å². The summed E-state index contributed by atoms with van der Waals surface area (Å²) in [6.07, 6.45) is 5.27. The van der Waals surface area contributed by atoms with Crippen LogP contribution in [0.25, 0.3) is 11.3 Å². The van der Waals surface area contributed by atoms with Gasteiger partial charge in [-0.2, -0.15) is 15.4 Å².